The summed E-state index contributed by atoms with van der Waals surface area (Å²) in [7, 11) is 0. The molecule has 0 spiro atoms. The minimum Gasteiger partial charge on any atom is -0.327 e. The Morgan fingerprint density at radius 3 is 1.10 bits per heavy atom. The molecule has 0 aliphatic carbocycles. The predicted octanol–water partition coefficient (Wildman–Crippen LogP) is 8.68. The van der Waals surface area contributed by atoms with Crippen molar-refractivity contribution in [1.82, 2.24) is 5.32 Å². The lowest BCUT2D eigenvalue weighted by Gasteiger charge is -2.39. The molecule has 1 unspecified atom stereocenters. The summed E-state index contributed by atoms with van der Waals surface area (Å²) in [5, 5.41) is 3.80. The van der Waals surface area contributed by atoms with Gasteiger partial charge in [0.25, 0.3) is 0 Å². The van der Waals surface area contributed by atoms with E-state index < -0.39 is 0 Å². The Bertz CT molecular complexity index is 369. The Hall–Kier alpha value is -0.0800. The van der Waals surface area contributed by atoms with Gasteiger partial charge in [0.1, 0.15) is 0 Å². The minimum absolute atomic E-state index is 0.243. The van der Waals surface area contributed by atoms with Crippen LogP contribution in [0.1, 0.15) is 136 Å². The lowest BCUT2D eigenvalue weighted by atomic mass is 9.75. The molecule has 3 N–H and O–H groups in total. The van der Waals surface area contributed by atoms with Gasteiger partial charge < -0.3 is 11.1 Å². The van der Waals surface area contributed by atoms with Gasteiger partial charge in [0.15, 0.2) is 0 Å². The number of rotatable bonds is 11. The fourth-order valence-corrected chi connectivity index (χ4v) is 5.09. The summed E-state index contributed by atoms with van der Waals surface area (Å²) in [6.45, 7) is 36.0. The molecule has 0 radical (unpaired) electrons. The molecule has 0 heterocycles. The van der Waals surface area contributed by atoms with E-state index >= 15 is 0 Å². The van der Waals surface area contributed by atoms with E-state index in [-0.39, 0.29) is 11.1 Å². The van der Waals surface area contributed by atoms with Gasteiger partial charge in [-0.05, 0) is 82.5 Å². The molecule has 2 heteroatoms. The topological polar surface area (TPSA) is 38.0 Å². The van der Waals surface area contributed by atoms with Crippen molar-refractivity contribution in [2.75, 3.05) is 0 Å². The van der Waals surface area contributed by atoms with E-state index in [1.807, 2.05) is 13.8 Å². The van der Waals surface area contributed by atoms with E-state index in [4.69, 9.17) is 5.73 Å². The first-order chi connectivity index (χ1) is 13.3. The van der Waals surface area contributed by atoms with E-state index in [9.17, 15) is 0 Å². The van der Waals surface area contributed by atoms with Gasteiger partial charge in [0, 0.05) is 17.1 Å². The summed E-state index contributed by atoms with van der Waals surface area (Å²) < 4.78 is 0. The SMILES string of the molecule is CC.CC(C)CC(C)(C)NC(C)(C)CC(C)C.CC(C)CC(N)C(C)(C)CC(C)C. The number of hydrogen-bond donors (Lipinski definition) is 2. The molecule has 186 valence electrons. The zero-order valence-electron chi connectivity index (χ0n) is 24.3. The first-order valence-electron chi connectivity index (χ1n) is 12.8. The third-order valence-corrected chi connectivity index (χ3v) is 5.18. The average Bonchev–Trinajstić information content (AvgIpc) is 2.43. The smallest absolute Gasteiger partial charge is 0.0132 e. The Kier molecular flexibility index (Phi) is 18.0. The first-order valence-corrected chi connectivity index (χ1v) is 12.8. The second kappa shape index (κ2) is 15.7. The number of hydrogen-bond acceptors (Lipinski definition) is 2. The summed E-state index contributed by atoms with van der Waals surface area (Å²) in [5.41, 5.74) is 6.98. The lowest BCUT2D eigenvalue weighted by Crippen LogP contribution is -2.53. The van der Waals surface area contributed by atoms with Gasteiger partial charge in [-0.25, -0.2) is 0 Å². The van der Waals surface area contributed by atoms with Crippen LogP contribution in [-0.2, 0) is 0 Å². The van der Waals surface area contributed by atoms with Crippen LogP contribution in [0.2, 0.25) is 0 Å². The quantitative estimate of drug-likeness (QED) is 0.345. The lowest BCUT2D eigenvalue weighted by molar-refractivity contribution is 0.207. The largest absolute Gasteiger partial charge is 0.327 e. The van der Waals surface area contributed by atoms with E-state index in [2.05, 4.69) is 102 Å². The highest BCUT2D eigenvalue weighted by atomic mass is 15.0. The highest BCUT2D eigenvalue weighted by Gasteiger charge is 2.29. The van der Waals surface area contributed by atoms with Crippen molar-refractivity contribution in [2.45, 2.75) is 154 Å². The molecule has 0 fully saturated rings. The van der Waals surface area contributed by atoms with Gasteiger partial charge >= 0.3 is 0 Å². The highest BCUT2D eigenvalue weighted by molar-refractivity contribution is 4.89. The molecule has 0 aromatic rings. The van der Waals surface area contributed by atoms with Crippen LogP contribution in [0.3, 0.4) is 0 Å². The van der Waals surface area contributed by atoms with E-state index in [0.29, 0.717) is 17.4 Å². The predicted molar refractivity (Wildman–Crippen MR) is 142 cm³/mol. The Morgan fingerprint density at radius 2 is 0.867 bits per heavy atom. The van der Waals surface area contributed by atoms with Crippen molar-refractivity contribution < 1.29 is 0 Å². The van der Waals surface area contributed by atoms with Crippen molar-refractivity contribution in [1.29, 1.82) is 0 Å². The second-order valence-electron chi connectivity index (χ2n) is 12.9. The Labute approximate surface area is 193 Å². The van der Waals surface area contributed by atoms with Crippen LogP contribution in [0.25, 0.3) is 0 Å². The standard InChI is InChI=1S/C14H31N.C12H27N.C2H6/c1-11(2)9-13(5,6)15-14(7,8)10-12(3)4;1-9(2)7-11(13)12(5,6)8-10(3)4;1-2/h11-12,15H,9-10H2,1-8H3;9-11H,7-8,13H2,1-6H3;1-2H3. The van der Waals surface area contributed by atoms with Crippen LogP contribution in [0.5, 0.6) is 0 Å². The fourth-order valence-electron chi connectivity index (χ4n) is 5.09. The van der Waals surface area contributed by atoms with Crippen molar-refractivity contribution in [3.63, 3.8) is 0 Å². The van der Waals surface area contributed by atoms with Crippen LogP contribution in [0.15, 0.2) is 0 Å². The fraction of sp³-hybridized carbons (Fsp3) is 1.00. The summed E-state index contributed by atoms with van der Waals surface area (Å²) >= 11 is 0. The molecule has 2 nitrogen and oxygen atoms in total. The van der Waals surface area contributed by atoms with Crippen LogP contribution in [-0.4, -0.2) is 17.1 Å². The third kappa shape index (κ3) is 21.2. The second-order valence-corrected chi connectivity index (χ2v) is 12.9. The molecule has 30 heavy (non-hydrogen) atoms. The average molecular weight is 429 g/mol. The maximum Gasteiger partial charge on any atom is 0.0132 e. The molecular weight excluding hydrogens is 364 g/mol. The molecule has 0 aromatic carbocycles. The summed E-state index contributed by atoms with van der Waals surface area (Å²) in [6.07, 6.45) is 4.82. The Balaban J connectivity index is -0.000000452. The van der Waals surface area contributed by atoms with Crippen molar-refractivity contribution in [3.8, 4) is 0 Å². The monoisotopic (exact) mass is 429 g/mol. The van der Waals surface area contributed by atoms with Crippen molar-refractivity contribution in [3.05, 3.63) is 0 Å². The van der Waals surface area contributed by atoms with Gasteiger partial charge in [-0.15, -0.1) is 0 Å². The van der Waals surface area contributed by atoms with Gasteiger partial charge in [-0.3, -0.25) is 0 Å². The molecule has 0 aliphatic rings. The van der Waals surface area contributed by atoms with E-state index in [0.717, 1.165) is 24.2 Å². The molecule has 0 saturated heterocycles. The van der Waals surface area contributed by atoms with Gasteiger partial charge in [-0.2, -0.15) is 0 Å². The Morgan fingerprint density at radius 1 is 0.567 bits per heavy atom. The maximum atomic E-state index is 6.20. The maximum absolute atomic E-state index is 6.20. The molecular formula is C28H64N2. The van der Waals surface area contributed by atoms with Gasteiger partial charge in [0.2, 0.25) is 0 Å². The van der Waals surface area contributed by atoms with Crippen LogP contribution in [0, 0.1) is 29.1 Å². The highest BCUT2D eigenvalue weighted by Crippen LogP contribution is 2.31. The zero-order chi connectivity index (χ0) is 24.9. The molecule has 0 rings (SSSR count). The van der Waals surface area contributed by atoms with Crippen LogP contribution < -0.4 is 11.1 Å². The van der Waals surface area contributed by atoms with E-state index in [1.54, 1.807) is 0 Å². The summed E-state index contributed by atoms with van der Waals surface area (Å²) in [4.78, 5) is 0. The van der Waals surface area contributed by atoms with Gasteiger partial charge in [-0.1, -0.05) is 83.1 Å². The zero-order valence-corrected chi connectivity index (χ0v) is 24.3. The van der Waals surface area contributed by atoms with Gasteiger partial charge in [0.05, 0.1) is 0 Å². The molecule has 0 saturated carbocycles. The van der Waals surface area contributed by atoms with Crippen molar-refractivity contribution in [2.24, 2.45) is 34.8 Å². The molecule has 0 aromatic heterocycles. The van der Waals surface area contributed by atoms with Crippen LogP contribution in [0.4, 0.5) is 0 Å². The minimum atomic E-state index is 0.243. The molecule has 0 aliphatic heterocycles. The van der Waals surface area contributed by atoms with Crippen molar-refractivity contribution >= 4 is 0 Å². The first kappa shape index (κ1) is 34.5. The summed E-state index contributed by atoms with van der Waals surface area (Å²) in [5.74, 6) is 2.96. The molecule has 1 atom stereocenters. The third-order valence-electron chi connectivity index (χ3n) is 5.18. The number of nitrogens with one attached hydrogen (secondary N) is 1. The van der Waals surface area contributed by atoms with Crippen LogP contribution >= 0.6 is 0 Å². The van der Waals surface area contributed by atoms with E-state index in [1.165, 1.54) is 19.3 Å². The summed E-state index contributed by atoms with van der Waals surface area (Å²) in [6, 6.07) is 0.342. The molecule has 0 bridgehead atoms. The number of nitrogens with two attached hydrogens (primary N) is 1. The molecule has 0 amide bonds. The normalized spacial score (nSPS) is 13.9.